The van der Waals surface area contributed by atoms with Crippen molar-refractivity contribution in [1.29, 1.82) is 0 Å². The first-order valence-corrected chi connectivity index (χ1v) is 7.02. The molecular weight excluding hydrogens is 363 g/mol. The highest BCUT2D eigenvalue weighted by atomic mass is 127. The molecule has 1 fully saturated rings. The maximum absolute atomic E-state index is 12.1. The van der Waals surface area contributed by atoms with Gasteiger partial charge in [-0.05, 0) is 59.7 Å². The van der Waals surface area contributed by atoms with Crippen molar-refractivity contribution < 1.29 is 4.79 Å². The second-order valence-corrected chi connectivity index (χ2v) is 5.81. The number of hydrogen-bond acceptors (Lipinski definition) is 2. The summed E-state index contributed by atoms with van der Waals surface area (Å²) in [6, 6.07) is 7.92. The summed E-state index contributed by atoms with van der Waals surface area (Å²) in [5.41, 5.74) is 0.745. The van der Waals surface area contributed by atoms with Gasteiger partial charge in [0, 0.05) is 21.7 Å². The van der Waals surface area contributed by atoms with Crippen molar-refractivity contribution in [1.82, 2.24) is 10.6 Å². The van der Waals surface area contributed by atoms with E-state index in [9.17, 15) is 4.79 Å². The molecule has 0 saturated carbocycles. The maximum Gasteiger partial charge on any atom is 0.251 e. The number of hydrogen-bond donors (Lipinski definition) is 2. The Labute approximate surface area is 128 Å². The lowest BCUT2D eigenvalue weighted by molar-refractivity contribution is 0.0915. The number of carbonyl (C=O) groups is 1. The number of amides is 1. The van der Waals surface area contributed by atoms with Gasteiger partial charge in [0.1, 0.15) is 0 Å². The number of halogens is 2. The van der Waals surface area contributed by atoms with Crippen molar-refractivity contribution in [2.75, 3.05) is 13.1 Å². The Morgan fingerprint density at radius 2 is 2.28 bits per heavy atom. The molecule has 18 heavy (non-hydrogen) atoms. The van der Waals surface area contributed by atoms with Crippen molar-refractivity contribution in [3.63, 3.8) is 0 Å². The summed E-state index contributed by atoms with van der Waals surface area (Å²) in [5.74, 6) is 0.576. The van der Waals surface area contributed by atoms with E-state index in [2.05, 4.69) is 40.1 Å². The molecule has 5 heteroatoms. The third-order valence-electron chi connectivity index (χ3n) is 3.23. The molecule has 2 rings (SSSR count). The molecule has 0 aliphatic carbocycles. The standard InChI is InChI=1S/C13H17IN2O.ClH/c1-9-5-6-15-8-12(9)16-13(17)10-3-2-4-11(14)7-10;/h2-4,7,9,12,15H,5-6,8H2,1H3,(H,16,17);1H. The van der Waals surface area contributed by atoms with Gasteiger partial charge in [0.2, 0.25) is 0 Å². The van der Waals surface area contributed by atoms with Crippen LogP contribution in [0.3, 0.4) is 0 Å². The minimum Gasteiger partial charge on any atom is -0.348 e. The lowest BCUT2D eigenvalue weighted by Crippen LogP contribution is -2.50. The maximum atomic E-state index is 12.1. The van der Waals surface area contributed by atoms with Gasteiger partial charge in [-0.25, -0.2) is 0 Å². The Bertz CT molecular complexity index is 414. The predicted molar refractivity (Wildman–Crippen MR) is 84.3 cm³/mol. The molecule has 1 aliphatic rings. The van der Waals surface area contributed by atoms with E-state index in [1.165, 1.54) is 0 Å². The van der Waals surface area contributed by atoms with Crippen LogP contribution < -0.4 is 10.6 Å². The molecule has 1 aromatic carbocycles. The van der Waals surface area contributed by atoms with Crippen LogP contribution in [-0.2, 0) is 0 Å². The van der Waals surface area contributed by atoms with E-state index in [0.29, 0.717) is 5.92 Å². The van der Waals surface area contributed by atoms with Gasteiger partial charge in [-0.1, -0.05) is 13.0 Å². The molecule has 1 heterocycles. The fourth-order valence-electron chi connectivity index (χ4n) is 2.06. The molecule has 1 amide bonds. The first-order valence-electron chi connectivity index (χ1n) is 5.94. The van der Waals surface area contributed by atoms with Crippen LogP contribution in [0, 0.1) is 9.49 Å². The number of rotatable bonds is 2. The first-order chi connectivity index (χ1) is 8.16. The van der Waals surface area contributed by atoms with E-state index in [0.717, 1.165) is 28.6 Å². The molecule has 1 aromatic rings. The van der Waals surface area contributed by atoms with Gasteiger partial charge in [-0.15, -0.1) is 12.4 Å². The Kier molecular flexibility index (Phi) is 6.38. The molecule has 3 nitrogen and oxygen atoms in total. The zero-order valence-corrected chi connectivity index (χ0v) is 13.3. The van der Waals surface area contributed by atoms with Crippen molar-refractivity contribution in [3.8, 4) is 0 Å². The molecule has 0 aromatic heterocycles. The van der Waals surface area contributed by atoms with Crippen LogP contribution in [-0.4, -0.2) is 25.0 Å². The van der Waals surface area contributed by atoms with Crippen molar-refractivity contribution >= 4 is 40.9 Å². The summed E-state index contributed by atoms with van der Waals surface area (Å²) in [6.45, 7) is 4.12. The van der Waals surface area contributed by atoms with E-state index >= 15 is 0 Å². The van der Waals surface area contributed by atoms with Crippen molar-refractivity contribution in [2.24, 2.45) is 5.92 Å². The van der Waals surface area contributed by atoms with E-state index in [1.54, 1.807) is 0 Å². The minimum atomic E-state index is 0. The summed E-state index contributed by atoms with van der Waals surface area (Å²) in [4.78, 5) is 12.1. The van der Waals surface area contributed by atoms with Crippen LogP contribution in [0.25, 0.3) is 0 Å². The van der Waals surface area contributed by atoms with E-state index in [-0.39, 0.29) is 24.4 Å². The zero-order chi connectivity index (χ0) is 12.3. The third kappa shape index (κ3) is 4.10. The Morgan fingerprint density at radius 3 is 2.94 bits per heavy atom. The summed E-state index contributed by atoms with van der Waals surface area (Å²) < 4.78 is 1.09. The molecule has 2 unspecified atom stereocenters. The van der Waals surface area contributed by atoms with Gasteiger partial charge in [0.05, 0.1) is 0 Å². The second kappa shape index (κ2) is 7.31. The van der Waals surface area contributed by atoms with E-state index in [4.69, 9.17) is 0 Å². The van der Waals surface area contributed by atoms with Crippen LogP contribution in [0.4, 0.5) is 0 Å². The fraction of sp³-hybridized carbons (Fsp3) is 0.462. The van der Waals surface area contributed by atoms with Crippen LogP contribution in [0.15, 0.2) is 24.3 Å². The molecule has 0 spiro atoms. The molecule has 100 valence electrons. The average Bonchev–Trinajstić information content (AvgIpc) is 2.32. The lowest BCUT2D eigenvalue weighted by Gasteiger charge is -2.30. The highest BCUT2D eigenvalue weighted by molar-refractivity contribution is 14.1. The molecule has 0 bridgehead atoms. The Hall–Kier alpha value is -0.330. The summed E-state index contributed by atoms with van der Waals surface area (Å²) >= 11 is 2.22. The molecule has 2 atom stereocenters. The minimum absolute atomic E-state index is 0. The number of carbonyl (C=O) groups excluding carboxylic acids is 1. The fourth-order valence-corrected chi connectivity index (χ4v) is 2.61. The summed E-state index contributed by atoms with van der Waals surface area (Å²) in [5, 5.41) is 6.42. The molecule has 1 saturated heterocycles. The Balaban J connectivity index is 0.00000162. The molecular formula is C13H18ClIN2O. The second-order valence-electron chi connectivity index (χ2n) is 4.56. The smallest absolute Gasteiger partial charge is 0.251 e. The van der Waals surface area contributed by atoms with Gasteiger partial charge in [0.25, 0.3) is 5.91 Å². The zero-order valence-electron chi connectivity index (χ0n) is 10.3. The van der Waals surface area contributed by atoms with Gasteiger partial charge < -0.3 is 10.6 Å². The van der Waals surface area contributed by atoms with Gasteiger partial charge in [0.15, 0.2) is 0 Å². The highest BCUT2D eigenvalue weighted by Crippen LogP contribution is 2.13. The monoisotopic (exact) mass is 380 g/mol. The third-order valence-corrected chi connectivity index (χ3v) is 3.90. The van der Waals surface area contributed by atoms with Crippen LogP contribution >= 0.6 is 35.0 Å². The normalized spacial score (nSPS) is 23.0. The van der Waals surface area contributed by atoms with Crippen LogP contribution in [0.1, 0.15) is 23.7 Å². The Morgan fingerprint density at radius 1 is 1.50 bits per heavy atom. The summed E-state index contributed by atoms with van der Waals surface area (Å²) in [7, 11) is 0. The van der Waals surface area contributed by atoms with Gasteiger partial charge >= 0.3 is 0 Å². The lowest BCUT2D eigenvalue weighted by atomic mass is 9.94. The van der Waals surface area contributed by atoms with E-state index in [1.807, 2.05) is 24.3 Å². The molecule has 0 radical (unpaired) electrons. The largest absolute Gasteiger partial charge is 0.348 e. The van der Waals surface area contributed by atoms with Gasteiger partial charge in [-0.3, -0.25) is 4.79 Å². The first kappa shape index (κ1) is 15.7. The predicted octanol–water partition coefficient (Wildman–Crippen LogP) is 2.44. The topological polar surface area (TPSA) is 41.1 Å². The number of benzene rings is 1. The summed E-state index contributed by atoms with van der Waals surface area (Å²) in [6.07, 6.45) is 1.12. The molecule has 1 aliphatic heterocycles. The van der Waals surface area contributed by atoms with Crippen LogP contribution in [0.5, 0.6) is 0 Å². The van der Waals surface area contributed by atoms with Crippen molar-refractivity contribution in [3.05, 3.63) is 33.4 Å². The number of nitrogens with one attached hydrogen (secondary N) is 2. The SMILES string of the molecule is CC1CCNCC1NC(=O)c1cccc(I)c1.Cl. The van der Waals surface area contributed by atoms with Crippen molar-refractivity contribution in [2.45, 2.75) is 19.4 Å². The van der Waals surface area contributed by atoms with E-state index < -0.39 is 0 Å². The number of piperidine rings is 1. The average molecular weight is 381 g/mol. The molecule has 2 N–H and O–H groups in total. The van der Waals surface area contributed by atoms with Gasteiger partial charge in [-0.2, -0.15) is 0 Å². The highest BCUT2D eigenvalue weighted by Gasteiger charge is 2.22. The van der Waals surface area contributed by atoms with Crippen LogP contribution in [0.2, 0.25) is 0 Å². The quantitative estimate of drug-likeness (QED) is 0.774.